The second-order valence-corrected chi connectivity index (χ2v) is 11.4. The van der Waals surface area contributed by atoms with Gasteiger partial charge in [0.25, 0.3) is 5.56 Å². The number of carbonyl (C=O) groups is 3. The third-order valence-electron chi connectivity index (χ3n) is 8.62. The van der Waals surface area contributed by atoms with Crippen LogP contribution < -0.4 is 15.8 Å². The highest BCUT2D eigenvalue weighted by Gasteiger charge is 2.69. The van der Waals surface area contributed by atoms with E-state index >= 15 is 0 Å². The Labute approximate surface area is 230 Å². The summed E-state index contributed by atoms with van der Waals surface area (Å²) in [4.78, 5) is 60.6. The predicted octanol–water partition coefficient (Wildman–Crippen LogP) is 3.97. The first kappa shape index (κ1) is 24.6. The van der Waals surface area contributed by atoms with Gasteiger partial charge in [-0.3, -0.25) is 29.1 Å². The Balaban J connectivity index is 1.48. The second-order valence-electron chi connectivity index (χ2n) is 11.4. The lowest BCUT2D eigenvalue weighted by Gasteiger charge is -2.32. The molecule has 2 saturated heterocycles. The van der Waals surface area contributed by atoms with Crippen molar-refractivity contribution < 1.29 is 14.4 Å². The normalized spacial score (nSPS) is 24.7. The van der Waals surface area contributed by atoms with Crippen LogP contribution >= 0.6 is 0 Å². The summed E-state index contributed by atoms with van der Waals surface area (Å²) in [5.41, 5.74) is 1.56. The highest BCUT2D eigenvalue weighted by molar-refractivity contribution is 6.23. The number of nitrogens with zero attached hydrogens (tertiary/aromatic N) is 3. The van der Waals surface area contributed by atoms with Crippen LogP contribution in [-0.2, 0) is 15.1 Å². The van der Waals surface area contributed by atoms with E-state index in [1.165, 1.54) is 11.8 Å². The summed E-state index contributed by atoms with van der Waals surface area (Å²) >= 11 is 0. The number of ketones is 1. The number of imide groups is 1. The maximum absolute atomic E-state index is 14.5. The second kappa shape index (κ2) is 8.53. The molecule has 4 heterocycles. The van der Waals surface area contributed by atoms with E-state index in [2.05, 4.69) is 19.2 Å². The number of Topliss-reactive ketones (excluding diaryl/α,β-unsaturated/α-hetero) is 1. The minimum atomic E-state index is -1.16. The van der Waals surface area contributed by atoms with Crippen LogP contribution in [0.15, 0.2) is 77.6 Å². The Morgan fingerprint density at radius 3 is 2.38 bits per heavy atom. The molecule has 1 N–H and O–H groups in total. The number of hydrogen-bond donors (Lipinski definition) is 1. The van der Waals surface area contributed by atoms with E-state index in [0.29, 0.717) is 40.1 Å². The Morgan fingerprint density at radius 1 is 0.950 bits per heavy atom. The SMILES string of the molecule is CC(=O)c1ccc(N2C(=O)[C@H]3[C@@H](CC(C)C)N[C@]4(c5ccccc5-n5c4nc4ccccc4c5=O)[C@H]3C2=O)cc1. The number of hydrogen-bond acceptors (Lipinski definition) is 6. The first-order valence-electron chi connectivity index (χ1n) is 13.6. The van der Waals surface area contributed by atoms with Gasteiger partial charge >= 0.3 is 0 Å². The molecule has 0 bridgehead atoms. The molecule has 1 aromatic heterocycles. The third-order valence-corrected chi connectivity index (χ3v) is 8.62. The molecule has 0 aliphatic carbocycles. The van der Waals surface area contributed by atoms with Crippen LogP contribution in [0.5, 0.6) is 0 Å². The molecular formula is C32H28N4O4. The van der Waals surface area contributed by atoms with Crippen molar-refractivity contribution in [2.24, 2.45) is 17.8 Å². The van der Waals surface area contributed by atoms with E-state index in [1.54, 1.807) is 41.0 Å². The summed E-state index contributed by atoms with van der Waals surface area (Å²) < 4.78 is 1.61. The van der Waals surface area contributed by atoms with Crippen molar-refractivity contribution in [1.82, 2.24) is 14.9 Å². The third kappa shape index (κ3) is 3.14. The van der Waals surface area contributed by atoms with Gasteiger partial charge in [0.05, 0.1) is 34.1 Å². The lowest BCUT2D eigenvalue weighted by molar-refractivity contribution is -0.123. The monoisotopic (exact) mass is 532 g/mol. The minimum absolute atomic E-state index is 0.0921. The van der Waals surface area contributed by atoms with Gasteiger partial charge in [-0.15, -0.1) is 0 Å². The number of aromatic nitrogens is 2. The van der Waals surface area contributed by atoms with Gasteiger partial charge in [0.2, 0.25) is 11.8 Å². The van der Waals surface area contributed by atoms with E-state index in [9.17, 15) is 19.2 Å². The number of benzene rings is 3. The van der Waals surface area contributed by atoms with Crippen molar-refractivity contribution in [2.45, 2.75) is 38.8 Å². The van der Waals surface area contributed by atoms with Crippen molar-refractivity contribution in [3.05, 3.63) is 100 Å². The van der Waals surface area contributed by atoms with Crippen LogP contribution in [0.4, 0.5) is 5.69 Å². The molecule has 8 nitrogen and oxygen atoms in total. The topological polar surface area (TPSA) is 101 Å². The van der Waals surface area contributed by atoms with Crippen molar-refractivity contribution in [2.75, 3.05) is 4.90 Å². The standard InChI is InChI=1S/C32H28N4O4/c1-17(2)16-24-26-27(30(40)35(29(26)39)20-14-12-19(13-15-20)18(3)37)32(34-24)22-9-5-7-11-25(22)36-28(38)21-8-4-6-10-23(21)33-31(32)36/h4-15,17,24,26-27,34H,16H2,1-3H3/t24-,26+,27-,32-/m1/s1. The van der Waals surface area contributed by atoms with Crippen LogP contribution in [0.25, 0.3) is 16.6 Å². The Bertz CT molecular complexity index is 1810. The van der Waals surface area contributed by atoms with Gasteiger partial charge in [-0.25, -0.2) is 9.88 Å². The van der Waals surface area contributed by atoms with Gasteiger partial charge < -0.3 is 0 Å². The molecule has 4 aromatic rings. The van der Waals surface area contributed by atoms with E-state index < -0.39 is 17.4 Å². The summed E-state index contributed by atoms with van der Waals surface area (Å²) in [6.45, 7) is 5.66. The molecule has 40 heavy (non-hydrogen) atoms. The van der Waals surface area contributed by atoms with E-state index in [1.807, 2.05) is 36.4 Å². The molecule has 3 aliphatic rings. The summed E-state index contributed by atoms with van der Waals surface area (Å²) in [6, 6.07) is 21.0. The van der Waals surface area contributed by atoms with Gasteiger partial charge in [-0.1, -0.05) is 44.2 Å². The fourth-order valence-corrected chi connectivity index (χ4v) is 7.03. The average molecular weight is 533 g/mol. The molecule has 3 aliphatic heterocycles. The Morgan fingerprint density at radius 2 is 1.65 bits per heavy atom. The van der Waals surface area contributed by atoms with Crippen molar-refractivity contribution in [3.8, 4) is 5.69 Å². The van der Waals surface area contributed by atoms with Crippen LogP contribution in [0.1, 0.15) is 48.9 Å². The van der Waals surface area contributed by atoms with Crippen LogP contribution in [0.3, 0.4) is 0 Å². The minimum Gasteiger partial charge on any atom is -0.297 e. The number of nitrogens with one attached hydrogen (secondary N) is 1. The zero-order chi connectivity index (χ0) is 27.9. The van der Waals surface area contributed by atoms with E-state index in [-0.39, 0.29) is 35.1 Å². The van der Waals surface area contributed by atoms with Crippen molar-refractivity contribution in [3.63, 3.8) is 0 Å². The Hall–Kier alpha value is -4.43. The van der Waals surface area contributed by atoms with Crippen LogP contribution in [-0.4, -0.2) is 33.2 Å². The maximum atomic E-state index is 14.5. The van der Waals surface area contributed by atoms with Gasteiger partial charge in [0, 0.05) is 17.2 Å². The number of amides is 2. The molecule has 7 rings (SSSR count). The zero-order valence-corrected chi connectivity index (χ0v) is 22.4. The summed E-state index contributed by atoms with van der Waals surface area (Å²) in [5, 5.41) is 4.22. The number of rotatable bonds is 4. The van der Waals surface area contributed by atoms with Gasteiger partial charge in [-0.2, -0.15) is 0 Å². The number of para-hydroxylation sites is 2. The molecule has 0 radical (unpaired) electrons. The number of carbonyl (C=O) groups excluding carboxylic acids is 3. The number of anilines is 1. The molecule has 2 amide bonds. The fraction of sp³-hybridized carbons (Fsp3) is 0.281. The highest BCUT2D eigenvalue weighted by Crippen LogP contribution is 2.56. The molecule has 8 heteroatoms. The first-order valence-corrected chi connectivity index (χ1v) is 13.6. The smallest absolute Gasteiger partial charge is 0.266 e. The summed E-state index contributed by atoms with van der Waals surface area (Å²) in [5.74, 6) is -1.47. The van der Waals surface area contributed by atoms with Gasteiger partial charge in [0.15, 0.2) is 5.78 Å². The molecule has 0 unspecified atom stereocenters. The first-order chi connectivity index (χ1) is 19.2. The molecule has 4 atom stereocenters. The average Bonchev–Trinajstić information content (AvgIpc) is 3.51. The highest BCUT2D eigenvalue weighted by atomic mass is 16.2. The fourth-order valence-electron chi connectivity index (χ4n) is 7.03. The van der Waals surface area contributed by atoms with Crippen LogP contribution in [0.2, 0.25) is 0 Å². The molecular weight excluding hydrogens is 504 g/mol. The Kier molecular flexibility index (Phi) is 5.25. The zero-order valence-electron chi connectivity index (χ0n) is 22.4. The van der Waals surface area contributed by atoms with Crippen molar-refractivity contribution in [1.29, 1.82) is 0 Å². The molecule has 0 saturated carbocycles. The predicted molar refractivity (Wildman–Crippen MR) is 150 cm³/mol. The molecule has 200 valence electrons. The van der Waals surface area contributed by atoms with Crippen molar-refractivity contribution >= 4 is 34.2 Å². The largest absolute Gasteiger partial charge is 0.297 e. The quantitative estimate of drug-likeness (QED) is 0.315. The molecule has 1 spiro atoms. The van der Waals surface area contributed by atoms with E-state index in [0.717, 1.165) is 5.56 Å². The lowest BCUT2D eigenvalue weighted by Crippen LogP contribution is -2.50. The van der Waals surface area contributed by atoms with E-state index in [4.69, 9.17) is 4.98 Å². The van der Waals surface area contributed by atoms with Gasteiger partial charge in [0.1, 0.15) is 11.4 Å². The molecule has 3 aromatic carbocycles. The van der Waals surface area contributed by atoms with Crippen LogP contribution in [0, 0.1) is 17.8 Å². The lowest BCUT2D eigenvalue weighted by atomic mass is 9.75. The summed E-state index contributed by atoms with van der Waals surface area (Å²) in [7, 11) is 0. The molecule has 2 fully saturated rings. The maximum Gasteiger partial charge on any atom is 0.266 e. The number of fused-ring (bicyclic) bond motifs is 8. The summed E-state index contributed by atoms with van der Waals surface area (Å²) in [6.07, 6.45) is 0.666. The van der Waals surface area contributed by atoms with Gasteiger partial charge in [-0.05, 0) is 61.7 Å².